The van der Waals surface area contributed by atoms with Gasteiger partial charge in [0.15, 0.2) is 12.4 Å². The molecule has 8 atom stereocenters. The Morgan fingerprint density at radius 1 is 0.857 bits per heavy atom. The Labute approximate surface area is 206 Å². The summed E-state index contributed by atoms with van der Waals surface area (Å²) in [4.78, 5) is 46.1. The van der Waals surface area contributed by atoms with Crippen LogP contribution in [0.2, 0.25) is 0 Å². The molecule has 204 valence electrons. The van der Waals surface area contributed by atoms with Gasteiger partial charge < -0.3 is 43.7 Å². The zero-order valence-corrected chi connectivity index (χ0v) is 21.8. The van der Waals surface area contributed by atoms with Crippen molar-refractivity contribution >= 4 is 32.2 Å². The number of hydrogen-bond donors (Lipinski definition) is 3. The van der Waals surface area contributed by atoms with Crippen LogP contribution in [0.1, 0.15) is 34.1 Å². The number of carbonyl (C=O) groups is 4. The third-order valence-corrected chi connectivity index (χ3v) is 5.16. The number of rotatable bonds is 17. The fraction of sp³-hybridized carbons (Fsp3) is 0.810. The van der Waals surface area contributed by atoms with Gasteiger partial charge in [0.2, 0.25) is 0 Å². The lowest BCUT2D eigenvalue weighted by atomic mass is 9.96. The number of ether oxygens (including phenoxy) is 6. The number of esters is 3. The van der Waals surface area contributed by atoms with Gasteiger partial charge in [0.05, 0.1) is 13.2 Å². The van der Waals surface area contributed by atoms with Gasteiger partial charge in [-0.3, -0.25) is 14.4 Å². The predicted molar refractivity (Wildman–Crippen MR) is 122 cm³/mol. The van der Waals surface area contributed by atoms with E-state index in [1.54, 1.807) is 13.6 Å². The highest BCUT2D eigenvalue weighted by atomic mass is 31.1. The number of methoxy groups -OCH3 is 1. The largest absolute Gasteiger partial charge is 0.465 e. The molecule has 0 aromatic rings. The molecule has 0 amide bonds. The number of carbonyl (C=O) groups excluding carboxylic acids is 4. The Morgan fingerprint density at radius 2 is 1.46 bits per heavy atom. The molecule has 13 nitrogen and oxygen atoms in total. The maximum atomic E-state index is 12.0. The molecule has 0 aliphatic carbocycles. The van der Waals surface area contributed by atoms with Gasteiger partial charge in [-0.15, -0.1) is 0 Å². The second kappa shape index (κ2) is 17.5. The van der Waals surface area contributed by atoms with E-state index >= 15 is 0 Å². The van der Waals surface area contributed by atoms with Crippen LogP contribution >= 0.6 is 8.58 Å². The summed E-state index contributed by atoms with van der Waals surface area (Å²) in [5.74, 6) is -2.79. The van der Waals surface area contributed by atoms with Crippen molar-refractivity contribution in [1.82, 2.24) is 0 Å². The lowest BCUT2D eigenvalue weighted by molar-refractivity contribution is -0.242. The lowest BCUT2D eigenvalue weighted by Gasteiger charge is -2.35. The number of aliphatic hydroxyl groups is 3. The maximum Gasteiger partial charge on any atom is 0.322 e. The fourth-order valence-electron chi connectivity index (χ4n) is 2.71. The predicted octanol–water partition coefficient (Wildman–Crippen LogP) is -0.0442. The first-order valence-electron chi connectivity index (χ1n) is 10.9. The highest BCUT2D eigenvalue weighted by Gasteiger charge is 2.42. The Kier molecular flexibility index (Phi) is 16.6. The van der Waals surface area contributed by atoms with E-state index in [2.05, 4.69) is 0 Å². The molecule has 14 heteroatoms. The van der Waals surface area contributed by atoms with Gasteiger partial charge in [-0.05, 0) is 15.2 Å². The molecule has 0 saturated carbocycles. The van der Waals surface area contributed by atoms with Crippen molar-refractivity contribution in [2.24, 2.45) is 5.92 Å². The molecule has 0 spiro atoms. The Hall–Kier alpha value is -1.89. The van der Waals surface area contributed by atoms with Crippen molar-refractivity contribution in [1.29, 1.82) is 0 Å². The molecule has 0 aromatic carbocycles. The summed E-state index contributed by atoms with van der Waals surface area (Å²) in [6, 6.07) is 0. The molecule has 0 saturated heterocycles. The van der Waals surface area contributed by atoms with E-state index in [1.807, 2.05) is 0 Å². The quantitative estimate of drug-likeness (QED) is 0.0989. The van der Waals surface area contributed by atoms with E-state index in [1.165, 1.54) is 21.0 Å². The molecular weight excluding hydrogens is 491 g/mol. The van der Waals surface area contributed by atoms with Gasteiger partial charge >= 0.3 is 23.6 Å². The van der Waals surface area contributed by atoms with Gasteiger partial charge in [-0.25, -0.2) is 4.79 Å². The molecule has 6 unspecified atom stereocenters. The SMILES string of the molecule is CCC(=O)OC(C(OC)OC[C@@H](O)[C@@H](O)COC(=O)PC)C(O)C(OC(C)=O)C(C)COC(C)=O. The minimum absolute atomic E-state index is 0.0638. The van der Waals surface area contributed by atoms with Gasteiger partial charge in [-0.1, -0.05) is 13.8 Å². The molecule has 0 heterocycles. The molecule has 0 rings (SSSR count). The molecule has 0 radical (unpaired) electrons. The second-order valence-corrected chi connectivity index (χ2v) is 8.48. The summed E-state index contributed by atoms with van der Waals surface area (Å²) in [6.07, 6.45) is -9.07. The van der Waals surface area contributed by atoms with Crippen LogP contribution in [-0.4, -0.2) is 109 Å². The van der Waals surface area contributed by atoms with E-state index in [0.717, 1.165) is 6.92 Å². The Bertz CT molecular complexity index is 674. The second-order valence-electron chi connectivity index (χ2n) is 7.57. The van der Waals surface area contributed by atoms with Gasteiger partial charge in [0.25, 0.3) is 0 Å². The summed E-state index contributed by atoms with van der Waals surface area (Å²) in [6.45, 7) is 5.71. The van der Waals surface area contributed by atoms with Gasteiger partial charge in [0, 0.05) is 33.3 Å². The maximum absolute atomic E-state index is 12.0. The molecule has 0 bridgehead atoms. The molecule has 0 aliphatic rings. The summed E-state index contributed by atoms with van der Waals surface area (Å²) in [7, 11) is 1.04. The summed E-state index contributed by atoms with van der Waals surface area (Å²) in [5.41, 5.74) is -0.541. The minimum atomic E-state index is -1.70. The van der Waals surface area contributed by atoms with E-state index < -0.39 is 79.6 Å². The van der Waals surface area contributed by atoms with Crippen LogP contribution in [0.15, 0.2) is 0 Å². The van der Waals surface area contributed by atoms with Crippen molar-refractivity contribution in [3.63, 3.8) is 0 Å². The summed E-state index contributed by atoms with van der Waals surface area (Å²) >= 11 is 0. The van der Waals surface area contributed by atoms with Crippen molar-refractivity contribution in [3.8, 4) is 0 Å². The standard InChI is InChI=1S/C21H37O13P/c1-7-16(26)34-19(17(27)18(33-13(4)23)11(2)8-30-12(3)22)20(29-5)31-9-14(24)15(25)10-32-21(28)35-6/h11,14-15,17-20,24-25,27,35H,7-10H2,1-6H3/t11?,14-,15+,17?,18?,19?,20?/m1/s1. The average Bonchev–Trinajstić information content (AvgIpc) is 2.82. The van der Waals surface area contributed by atoms with Crippen molar-refractivity contribution in [2.45, 2.75) is 70.9 Å². The molecule has 0 fully saturated rings. The normalized spacial score (nSPS) is 17.5. The molecular formula is C21H37O13P. The van der Waals surface area contributed by atoms with Crippen LogP contribution in [0.4, 0.5) is 4.79 Å². The van der Waals surface area contributed by atoms with Gasteiger partial charge in [-0.2, -0.15) is 0 Å². The first-order valence-corrected chi connectivity index (χ1v) is 12.4. The van der Waals surface area contributed by atoms with Crippen LogP contribution in [0, 0.1) is 5.92 Å². The zero-order chi connectivity index (χ0) is 27.1. The molecule has 0 aliphatic heterocycles. The summed E-state index contributed by atoms with van der Waals surface area (Å²) < 4.78 is 30.8. The third-order valence-electron chi connectivity index (χ3n) is 4.61. The first kappa shape index (κ1) is 33.1. The van der Waals surface area contributed by atoms with Crippen LogP contribution in [0.5, 0.6) is 0 Å². The Balaban J connectivity index is 5.59. The monoisotopic (exact) mass is 528 g/mol. The molecule has 0 aromatic heterocycles. The van der Waals surface area contributed by atoms with E-state index in [9.17, 15) is 34.5 Å². The van der Waals surface area contributed by atoms with Crippen LogP contribution < -0.4 is 0 Å². The van der Waals surface area contributed by atoms with E-state index in [0.29, 0.717) is 0 Å². The Morgan fingerprint density at radius 3 is 1.94 bits per heavy atom. The van der Waals surface area contributed by atoms with Crippen molar-refractivity contribution < 1.29 is 62.9 Å². The van der Waals surface area contributed by atoms with E-state index in [4.69, 9.17) is 28.4 Å². The molecule has 3 N–H and O–H groups in total. The van der Waals surface area contributed by atoms with Crippen LogP contribution in [0.3, 0.4) is 0 Å². The van der Waals surface area contributed by atoms with Gasteiger partial charge in [0.1, 0.15) is 31.0 Å². The zero-order valence-electron chi connectivity index (χ0n) is 20.8. The topological polar surface area (TPSA) is 184 Å². The highest BCUT2D eigenvalue weighted by molar-refractivity contribution is 7.56. The number of aliphatic hydroxyl groups excluding tert-OH is 3. The summed E-state index contributed by atoms with van der Waals surface area (Å²) in [5, 5.41) is 31.1. The van der Waals surface area contributed by atoms with Crippen molar-refractivity contribution in [2.75, 3.05) is 33.6 Å². The first-order chi connectivity index (χ1) is 16.4. The number of hydrogen-bond acceptors (Lipinski definition) is 13. The van der Waals surface area contributed by atoms with Crippen LogP contribution in [0.25, 0.3) is 0 Å². The smallest absolute Gasteiger partial charge is 0.322 e. The lowest BCUT2D eigenvalue weighted by Crippen LogP contribution is -2.53. The average molecular weight is 528 g/mol. The molecule has 35 heavy (non-hydrogen) atoms. The minimum Gasteiger partial charge on any atom is -0.465 e. The van der Waals surface area contributed by atoms with E-state index in [-0.39, 0.29) is 21.6 Å². The fourth-order valence-corrected chi connectivity index (χ4v) is 2.94. The van der Waals surface area contributed by atoms with Crippen LogP contribution in [-0.2, 0) is 42.8 Å². The van der Waals surface area contributed by atoms with Crippen molar-refractivity contribution in [3.05, 3.63) is 0 Å². The highest BCUT2D eigenvalue weighted by Crippen LogP contribution is 2.22. The third kappa shape index (κ3) is 13.1.